The maximum Gasteiger partial charge on any atom is 0.322 e. The average Bonchev–Trinajstić information content (AvgIpc) is 2.28. The Labute approximate surface area is 117 Å². The Morgan fingerprint density at radius 2 is 1.42 bits per heavy atom. The van der Waals surface area contributed by atoms with Gasteiger partial charge in [-0.25, -0.2) is 4.79 Å². The quantitative estimate of drug-likeness (QED) is 0.853. The zero-order chi connectivity index (χ0) is 14.6. The van der Waals surface area contributed by atoms with Gasteiger partial charge in [0, 0.05) is 17.8 Å². The highest BCUT2D eigenvalue weighted by atomic mass is 16.2. The number of nitrogens with one attached hydrogen (secondary N) is 1. The van der Waals surface area contributed by atoms with E-state index >= 15 is 0 Å². The number of benzene rings is 1. The van der Waals surface area contributed by atoms with E-state index in [2.05, 4.69) is 31.3 Å². The highest BCUT2D eigenvalue weighted by Gasteiger charge is 2.19. The molecule has 0 aliphatic carbocycles. The van der Waals surface area contributed by atoms with Crippen molar-refractivity contribution in [2.75, 3.05) is 5.32 Å². The fourth-order valence-electron chi connectivity index (χ4n) is 2.20. The average molecular weight is 262 g/mol. The molecule has 0 atom stereocenters. The Morgan fingerprint density at radius 3 is 1.79 bits per heavy atom. The van der Waals surface area contributed by atoms with Crippen molar-refractivity contribution < 1.29 is 4.79 Å². The Kier molecular flexibility index (Phi) is 5.40. The lowest BCUT2D eigenvalue weighted by molar-refractivity contribution is 0.178. The minimum atomic E-state index is -0.0395. The van der Waals surface area contributed by atoms with E-state index in [1.807, 2.05) is 44.7 Å². The standard InChI is InChI=1S/C16H26N2O/c1-11(2)14-7-9-15(10-8-14)17-16(19)18(12(3)4)13(5)6/h7-13H,1-6H3,(H,17,19). The number of hydrogen-bond donors (Lipinski definition) is 1. The van der Waals surface area contributed by atoms with E-state index in [1.165, 1.54) is 5.56 Å². The molecule has 19 heavy (non-hydrogen) atoms. The zero-order valence-corrected chi connectivity index (χ0v) is 12.9. The molecule has 0 aliphatic rings. The summed E-state index contributed by atoms with van der Waals surface area (Å²) in [4.78, 5) is 14.1. The van der Waals surface area contributed by atoms with E-state index < -0.39 is 0 Å². The monoisotopic (exact) mass is 262 g/mol. The normalized spacial score (nSPS) is 11.2. The lowest BCUT2D eigenvalue weighted by Crippen LogP contribution is -2.44. The molecule has 0 spiro atoms. The first-order valence-electron chi connectivity index (χ1n) is 7.02. The first-order valence-corrected chi connectivity index (χ1v) is 7.02. The maximum absolute atomic E-state index is 12.2. The second-order valence-corrected chi connectivity index (χ2v) is 5.80. The molecule has 0 saturated carbocycles. The zero-order valence-electron chi connectivity index (χ0n) is 12.9. The summed E-state index contributed by atoms with van der Waals surface area (Å²) in [6.45, 7) is 12.4. The van der Waals surface area contributed by atoms with Gasteiger partial charge in [-0.3, -0.25) is 0 Å². The van der Waals surface area contributed by atoms with Crippen LogP contribution in [0.5, 0.6) is 0 Å². The molecule has 0 aromatic heterocycles. The summed E-state index contributed by atoms with van der Waals surface area (Å²) in [5, 5.41) is 2.96. The molecule has 2 amide bonds. The molecule has 0 fully saturated rings. The van der Waals surface area contributed by atoms with Gasteiger partial charge in [0.25, 0.3) is 0 Å². The molecule has 0 radical (unpaired) electrons. The van der Waals surface area contributed by atoms with Gasteiger partial charge in [0.05, 0.1) is 0 Å². The Balaban J connectivity index is 2.75. The number of hydrogen-bond acceptors (Lipinski definition) is 1. The molecule has 3 heteroatoms. The third kappa shape index (κ3) is 4.27. The van der Waals surface area contributed by atoms with Crippen LogP contribution in [-0.2, 0) is 0 Å². The molecule has 3 nitrogen and oxygen atoms in total. The van der Waals surface area contributed by atoms with E-state index in [0.29, 0.717) is 5.92 Å². The Bertz CT molecular complexity index is 399. The summed E-state index contributed by atoms with van der Waals surface area (Å²) in [6, 6.07) is 8.40. The van der Waals surface area contributed by atoms with Crippen LogP contribution in [0.4, 0.5) is 10.5 Å². The van der Waals surface area contributed by atoms with Crippen LogP contribution in [0.1, 0.15) is 53.0 Å². The smallest absolute Gasteiger partial charge is 0.320 e. The third-order valence-corrected chi connectivity index (χ3v) is 3.18. The lowest BCUT2D eigenvalue weighted by atomic mass is 10.0. The topological polar surface area (TPSA) is 32.3 Å². The molecule has 0 heterocycles. The van der Waals surface area contributed by atoms with E-state index in [1.54, 1.807) is 0 Å². The van der Waals surface area contributed by atoms with Gasteiger partial charge in [-0.05, 0) is 51.3 Å². The first-order chi connectivity index (χ1) is 8.82. The molecule has 0 saturated heterocycles. The van der Waals surface area contributed by atoms with Crippen molar-refractivity contribution in [2.24, 2.45) is 0 Å². The molecule has 106 valence electrons. The van der Waals surface area contributed by atoms with E-state index in [0.717, 1.165) is 5.69 Å². The summed E-state index contributed by atoms with van der Waals surface area (Å²) >= 11 is 0. The number of carbonyl (C=O) groups excluding carboxylic acids is 1. The van der Waals surface area contributed by atoms with Gasteiger partial charge in [-0.15, -0.1) is 0 Å². The van der Waals surface area contributed by atoms with Crippen molar-refractivity contribution in [2.45, 2.75) is 59.5 Å². The van der Waals surface area contributed by atoms with E-state index in [-0.39, 0.29) is 18.1 Å². The second kappa shape index (κ2) is 6.60. The van der Waals surface area contributed by atoms with Crippen molar-refractivity contribution >= 4 is 11.7 Å². The fraction of sp³-hybridized carbons (Fsp3) is 0.562. The Hall–Kier alpha value is -1.51. The number of nitrogens with zero attached hydrogens (tertiary/aromatic N) is 1. The predicted molar refractivity (Wildman–Crippen MR) is 81.7 cm³/mol. The summed E-state index contributed by atoms with van der Waals surface area (Å²) < 4.78 is 0. The molecule has 1 aromatic rings. The molecule has 0 bridgehead atoms. The molecule has 1 N–H and O–H groups in total. The summed E-state index contributed by atoms with van der Waals surface area (Å²) in [6.07, 6.45) is 0. The first kappa shape index (κ1) is 15.5. The van der Waals surface area contributed by atoms with Gasteiger partial charge < -0.3 is 10.2 Å². The summed E-state index contributed by atoms with van der Waals surface area (Å²) in [7, 11) is 0. The maximum atomic E-state index is 12.2. The number of anilines is 1. The molecule has 0 aliphatic heterocycles. The largest absolute Gasteiger partial charge is 0.322 e. The van der Waals surface area contributed by atoms with E-state index in [4.69, 9.17) is 0 Å². The minimum Gasteiger partial charge on any atom is -0.320 e. The van der Waals surface area contributed by atoms with Gasteiger partial charge in [0.2, 0.25) is 0 Å². The van der Waals surface area contributed by atoms with Gasteiger partial charge in [-0.2, -0.15) is 0 Å². The van der Waals surface area contributed by atoms with Crippen LogP contribution in [0.25, 0.3) is 0 Å². The molecular formula is C16H26N2O. The van der Waals surface area contributed by atoms with Gasteiger partial charge >= 0.3 is 6.03 Å². The molecule has 1 rings (SSSR count). The van der Waals surface area contributed by atoms with Crippen molar-refractivity contribution in [3.05, 3.63) is 29.8 Å². The van der Waals surface area contributed by atoms with Crippen molar-refractivity contribution in [3.63, 3.8) is 0 Å². The number of carbonyl (C=O) groups is 1. The number of amides is 2. The van der Waals surface area contributed by atoms with Crippen LogP contribution in [0.2, 0.25) is 0 Å². The van der Waals surface area contributed by atoms with Crippen molar-refractivity contribution in [1.82, 2.24) is 4.90 Å². The van der Waals surface area contributed by atoms with Gasteiger partial charge in [0.1, 0.15) is 0 Å². The summed E-state index contributed by atoms with van der Waals surface area (Å²) in [5.74, 6) is 0.507. The Morgan fingerprint density at radius 1 is 0.947 bits per heavy atom. The lowest BCUT2D eigenvalue weighted by Gasteiger charge is -2.30. The van der Waals surface area contributed by atoms with Gasteiger partial charge in [-0.1, -0.05) is 26.0 Å². The molecule has 1 aromatic carbocycles. The number of urea groups is 1. The third-order valence-electron chi connectivity index (χ3n) is 3.18. The van der Waals surface area contributed by atoms with Crippen LogP contribution in [0.15, 0.2) is 24.3 Å². The highest BCUT2D eigenvalue weighted by molar-refractivity contribution is 5.89. The molecular weight excluding hydrogens is 236 g/mol. The second-order valence-electron chi connectivity index (χ2n) is 5.80. The van der Waals surface area contributed by atoms with Crippen LogP contribution in [-0.4, -0.2) is 23.0 Å². The van der Waals surface area contributed by atoms with Gasteiger partial charge in [0.15, 0.2) is 0 Å². The molecule has 0 unspecified atom stereocenters. The predicted octanol–water partition coefficient (Wildman–Crippen LogP) is 4.46. The van der Waals surface area contributed by atoms with Crippen LogP contribution >= 0.6 is 0 Å². The fourth-order valence-corrected chi connectivity index (χ4v) is 2.20. The van der Waals surface area contributed by atoms with Crippen LogP contribution in [0.3, 0.4) is 0 Å². The highest BCUT2D eigenvalue weighted by Crippen LogP contribution is 2.18. The van der Waals surface area contributed by atoms with Crippen molar-refractivity contribution in [1.29, 1.82) is 0 Å². The van der Waals surface area contributed by atoms with Crippen LogP contribution in [0, 0.1) is 0 Å². The number of rotatable bonds is 4. The van der Waals surface area contributed by atoms with Crippen molar-refractivity contribution in [3.8, 4) is 0 Å². The van der Waals surface area contributed by atoms with Crippen LogP contribution < -0.4 is 5.32 Å². The SMILES string of the molecule is CC(C)c1ccc(NC(=O)N(C(C)C)C(C)C)cc1. The van der Waals surface area contributed by atoms with E-state index in [9.17, 15) is 4.79 Å². The minimum absolute atomic E-state index is 0.0395. The summed E-state index contributed by atoms with van der Waals surface area (Å²) in [5.41, 5.74) is 2.13.